The van der Waals surface area contributed by atoms with Crippen molar-refractivity contribution in [2.75, 3.05) is 11.9 Å². The quantitative estimate of drug-likeness (QED) is 0.676. The number of hydrogen-bond acceptors (Lipinski definition) is 5. The molecule has 0 atom stereocenters. The van der Waals surface area contributed by atoms with E-state index in [1.54, 1.807) is 54.3 Å². The largest absolute Gasteiger partial charge is 0.452 e. The highest BCUT2D eigenvalue weighted by molar-refractivity contribution is 5.95. The Labute approximate surface area is 154 Å². The van der Waals surface area contributed by atoms with Crippen molar-refractivity contribution in [1.29, 1.82) is 0 Å². The van der Waals surface area contributed by atoms with Crippen molar-refractivity contribution in [1.82, 2.24) is 14.8 Å². The Morgan fingerprint density at radius 2 is 1.96 bits per heavy atom. The average Bonchev–Trinajstić information content (AvgIpc) is 3.16. The number of ether oxygens (including phenoxy) is 1. The molecule has 0 aliphatic carbocycles. The summed E-state index contributed by atoms with van der Waals surface area (Å²) in [5.41, 5.74) is 2.05. The molecular formula is C19H17FN4O3. The molecule has 0 unspecified atom stereocenters. The van der Waals surface area contributed by atoms with Gasteiger partial charge in [0.1, 0.15) is 18.5 Å². The number of amides is 1. The lowest BCUT2D eigenvalue weighted by Crippen LogP contribution is -2.21. The number of nitrogens with zero attached hydrogens (tertiary/aromatic N) is 3. The summed E-state index contributed by atoms with van der Waals surface area (Å²) in [7, 11) is 0. The minimum Gasteiger partial charge on any atom is -0.452 e. The first-order valence-electron chi connectivity index (χ1n) is 8.16. The third-order valence-electron chi connectivity index (χ3n) is 3.79. The van der Waals surface area contributed by atoms with Crippen molar-refractivity contribution in [2.24, 2.45) is 0 Å². The van der Waals surface area contributed by atoms with Gasteiger partial charge in [0, 0.05) is 5.69 Å². The van der Waals surface area contributed by atoms with Crippen molar-refractivity contribution in [3.63, 3.8) is 0 Å². The molecule has 27 heavy (non-hydrogen) atoms. The van der Waals surface area contributed by atoms with Gasteiger partial charge in [0.25, 0.3) is 5.91 Å². The van der Waals surface area contributed by atoms with E-state index in [-0.39, 0.29) is 0 Å². The summed E-state index contributed by atoms with van der Waals surface area (Å²) in [5.74, 6) is -1.59. The van der Waals surface area contributed by atoms with Gasteiger partial charge in [0.05, 0.1) is 12.1 Å². The Balaban J connectivity index is 1.50. The highest BCUT2D eigenvalue weighted by atomic mass is 19.1. The van der Waals surface area contributed by atoms with Gasteiger partial charge in [-0.1, -0.05) is 18.2 Å². The van der Waals surface area contributed by atoms with Crippen LogP contribution < -0.4 is 5.32 Å². The van der Waals surface area contributed by atoms with E-state index in [9.17, 15) is 14.0 Å². The fraction of sp³-hybridized carbons (Fsp3) is 0.158. The van der Waals surface area contributed by atoms with Crippen LogP contribution in [0.5, 0.6) is 0 Å². The molecule has 2 aromatic carbocycles. The number of aromatic nitrogens is 3. The third kappa shape index (κ3) is 4.97. The standard InChI is InChI=1S/C19H17FN4O3/c1-13-2-7-16(8-17(13)20)23-18(25)10-27-19(26)15-5-3-14(4-6-15)9-24-12-21-11-22-24/h2-8,11-12H,9-10H2,1H3,(H,23,25). The van der Waals surface area contributed by atoms with Crippen LogP contribution in [-0.4, -0.2) is 33.2 Å². The lowest BCUT2D eigenvalue weighted by atomic mass is 10.1. The van der Waals surface area contributed by atoms with Crippen LogP contribution in [0.1, 0.15) is 21.5 Å². The lowest BCUT2D eigenvalue weighted by Gasteiger charge is -2.08. The van der Waals surface area contributed by atoms with Gasteiger partial charge in [-0.25, -0.2) is 18.9 Å². The molecule has 0 fully saturated rings. The van der Waals surface area contributed by atoms with Crippen molar-refractivity contribution < 1.29 is 18.7 Å². The molecule has 0 saturated carbocycles. The first-order valence-corrected chi connectivity index (χ1v) is 8.16. The molecule has 1 amide bonds. The van der Waals surface area contributed by atoms with Crippen LogP contribution in [0.2, 0.25) is 0 Å². The predicted molar refractivity (Wildman–Crippen MR) is 95.6 cm³/mol. The van der Waals surface area contributed by atoms with Gasteiger partial charge < -0.3 is 10.1 Å². The Hall–Kier alpha value is -3.55. The highest BCUT2D eigenvalue weighted by Crippen LogP contribution is 2.13. The number of hydrogen-bond donors (Lipinski definition) is 1. The average molecular weight is 368 g/mol. The Morgan fingerprint density at radius 3 is 2.63 bits per heavy atom. The summed E-state index contributed by atoms with van der Waals surface area (Å²) in [6.45, 7) is 1.69. The summed E-state index contributed by atoms with van der Waals surface area (Å²) in [4.78, 5) is 27.8. The molecule has 0 aliphatic heterocycles. The van der Waals surface area contributed by atoms with Crippen LogP contribution in [-0.2, 0) is 16.1 Å². The molecule has 3 rings (SSSR count). The zero-order chi connectivity index (χ0) is 19.2. The molecule has 1 aromatic heterocycles. The maximum Gasteiger partial charge on any atom is 0.338 e. The van der Waals surface area contributed by atoms with Gasteiger partial charge >= 0.3 is 5.97 Å². The molecule has 1 N–H and O–H groups in total. The molecule has 0 aliphatic rings. The second-order valence-electron chi connectivity index (χ2n) is 5.88. The van der Waals surface area contributed by atoms with E-state index < -0.39 is 24.3 Å². The predicted octanol–water partition coefficient (Wildman–Crippen LogP) is 2.57. The topological polar surface area (TPSA) is 86.1 Å². The number of halogens is 1. The third-order valence-corrected chi connectivity index (χ3v) is 3.79. The second kappa shape index (κ2) is 8.22. The monoisotopic (exact) mass is 368 g/mol. The van der Waals surface area contributed by atoms with E-state index in [0.717, 1.165) is 5.56 Å². The number of nitrogens with one attached hydrogen (secondary N) is 1. The smallest absolute Gasteiger partial charge is 0.338 e. The fourth-order valence-corrected chi connectivity index (χ4v) is 2.33. The number of anilines is 1. The summed E-state index contributed by atoms with van der Waals surface area (Å²) in [6.07, 6.45) is 3.04. The zero-order valence-corrected chi connectivity index (χ0v) is 14.6. The highest BCUT2D eigenvalue weighted by Gasteiger charge is 2.11. The van der Waals surface area contributed by atoms with Gasteiger partial charge in [0.15, 0.2) is 6.61 Å². The van der Waals surface area contributed by atoms with Gasteiger partial charge in [-0.15, -0.1) is 0 Å². The summed E-state index contributed by atoms with van der Waals surface area (Å²) < 4.78 is 20.1. The van der Waals surface area contributed by atoms with Crippen LogP contribution in [0.25, 0.3) is 0 Å². The van der Waals surface area contributed by atoms with Gasteiger partial charge in [0.2, 0.25) is 0 Å². The molecule has 0 bridgehead atoms. The molecule has 8 heteroatoms. The van der Waals surface area contributed by atoms with Crippen LogP contribution in [0.3, 0.4) is 0 Å². The van der Waals surface area contributed by atoms with E-state index in [4.69, 9.17) is 4.74 Å². The van der Waals surface area contributed by atoms with E-state index in [1.165, 1.54) is 12.4 Å². The van der Waals surface area contributed by atoms with Crippen LogP contribution in [0.15, 0.2) is 55.1 Å². The lowest BCUT2D eigenvalue weighted by molar-refractivity contribution is -0.119. The Bertz CT molecular complexity index is 940. The van der Waals surface area contributed by atoms with E-state index >= 15 is 0 Å². The molecule has 0 saturated heterocycles. The summed E-state index contributed by atoms with van der Waals surface area (Å²) >= 11 is 0. The van der Waals surface area contributed by atoms with Gasteiger partial charge in [-0.2, -0.15) is 5.10 Å². The molecule has 138 valence electrons. The number of carbonyl (C=O) groups is 2. The molecular weight excluding hydrogens is 351 g/mol. The first kappa shape index (κ1) is 18.2. The van der Waals surface area contributed by atoms with E-state index in [1.807, 2.05) is 0 Å². The number of aryl methyl sites for hydroxylation is 1. The maximum absolute atomic E-state index is 13.5. The first-order chi connectivity index (χ1) is 13.0. The number of benzene rings is 2. The number of rotatable bonds is 6. The van der Waals surface area contributed by atoms with Crippen LogP contribution >= 0.6 is 0 Å². The molecule has 0 spiro atoms. The fourth-order valence-electron chi connectivity index (χ4n) is 2.33. The van der Waals surface area contributed by atoms with Crippen molar-refractivity contribution in [2.45, 2.75) is 13.5 Å². The molecule has 7 nitrogen and oxygen atoms in total. The van der Waals surface area contributed by atoms with E-state index in [0.29, 0.717) is 23.4 Å². The second-order valence-corrected chi connectivity index (χ2v) is 5.88. The minimum atomic E-state index is -0.618. The Morgan fingerprint density at radius 1 is 1.19 bits per heavy atom. The summed E-state index contributed by atoms with van der Waals surface area (Å²) in [5, 5.41) is 6.49. The molecule has 0 radical (unpaired) electrons. The van der Waals surface area contributed by atoms with Crippen molar-refractivity contribution in [3.05, 3.63) is 77.6 Å². The number of esters is 1. The van der Waals surface area contributed by atoms with Crippen molar-refractivity contribution >= 4 is 17.6 Å². The van der Waals surface area contributed by atoms with E-state index in [2.05, 4.69) is 15.4 Å². The zero-order valence-electron chi connectivity index (χ0n) is 14.6. The van der Waals surface area contributed by atoms with Crippen molar-refractivity contribution in [3.8, 4) is 0 Å². The van der Waals surface area contributed by atoms with Crippen LogP contribution in [0.4, 0.5) is 10.1 Å². The SMILES string of the molecule is Cc1ccc(NC(=O)COC(=O)c2ccc(Cn3cncn3)cc2)cc1F. The molecule has 1 heterocycles. The van der Waals surface area contributed by atoms with Gasteiger partial charge in [-0.05, 0) is 42.3 Å². The minimum absolute atomic E-state index is 0.302. The molecule has 3 aromatic rings. The summed E-state index contributed by atoms with van der Waals surface area (Å²) in [6, 6.07) is 11.1. The van der Waals surface area contributed by atoms with Gasteiger partial charge in [-0.3, -0.25) is 4.79 Å². The normalized spacial score (nSPS) is 10.4. The Kier molecular flexibility index (Phi) is 5.55. The maximum atomic E-state index is 13.5. The van der Waals surface area contributed by atoms with Crippen LogP contribution in [0, 0.1) is 12.7 Å². The number of carbonyl (C=O) groups excluding carboxylic acids is 2.